The molecular formula is C23H32N2O5S. The number of benzene rings is 2. The number of amides is 1. The SMILES string of the molecule is CC[C@H](C(=O)N[C@@H](C)c1cc(OC)ccc1OC)N(c1ccc(C)c(C)c1)S(C)(=O)=O. The van der Waals surface area contributed by atoms with Gasteiger partial charge in [0.1, 0.15) is 17.5 Å². The first kappa shape index (κ1) is 24.5. The molecule has 0 fully saturated rings. The number of ether oxygens (including phenoxy) is 2. The Morgan fingerprint density at radius 1 is 1.06 bits per heavy atom. The molecule has 0 spiro atoms. The summed E-state index contributed by atoms with van der Waals surface area (Å²) in [5, 5.41) is 2.94. The number of sulfonamides is 1. The van der Waals surface area contributed by atoms with E-state index in [9.17, 15) is 13.2 Å². The summed E-state index contributed by atoms with van der Waals surface area (Å²) in [7, 11) is -0.580. The predicted octanol–water partition coefficient (Wildman–Crippen LogP) is 3.74. The van der Waals surface area contributed by atoms with Gasteiger partial charge in [-0.15, -0.1) is 0 Å². The Balaban J connectivity index is 2.39. The third-order valence-electron chi connectivity index (χ3n) is 5.34. The normalized spacial score (nSPS) is 13.3. The summed E-state index contributed by atoms with van der Waals surface area (Å²) in [6, 6.07) is 9.40. The molecule has 31 heavy (non-hydrogen) atoms. The van der Waals surface area contributed by atoms with Gasteiger partial charge in [-0.2, -0.15) is 0 Å². The molecular weight excluding hydrogens is 416 g/mol. The Morgan fingerprint density at radius 2 is 1.74 bits per heavy atom. The van der Waals surface area contributed by atoms with Gasteiger partial charge in [0.15, 0.2) is 0 Å². The molecule has 0 saturated carbocycles. The minimum Gasteiger partial charge on any atom is -0.497 e. The van der Waals surface area contributed by atoms with E-state index in [-0.39, 0.29) is 5.91 Å². The van der Waals surface area contributed by atoms with E-state index in [0.717, 1.165) is 22.9 Å². The minimum absolute atomic E-state index is 0.313. The van der Waals surface area contributed by atoms with E-state index in [4.69, 9.17) is 9.47 Å². The number of rotatable bonds is 9. The van der Waals surface area contributed by atoms with Crippen molar-refractivity contribution in [1.29, 1.82) is 0 Å². The number of hydrogen-bond donors (Lipinski definition) is 1. The largest absolute Gasteiger partial charge is 0.497 e. The number of methoxy groups -OCH3 is 2. The van der Waals surface area contributed by atoms with Crippen LogP contribution in [0.15, 0.2) is 36.4 Å². The highest BCUT2D eigenvalue weighted by Crippen LogP contribution is 2.30. The molecule has 0 bridgehead atoms. The first-order chi connectivity index (χ1) is 14.5. The highest BCUT2D eigenvalue weighted by molar-refractivity contribution is 7.92. The number of carbonyl (C=O) groups is 1. The van der Waals surface area contributed by atoms with Crippen molar-refractivity contribution in [2.24, 2.45) is 0 Å². The van der Waals surface area contributed by atoms with Crippen LogP contribution in [-0.2, 0) is 14.8 Å². The van der Waals surface area contributed by atoms with E-state index in [2.05, 4.69) is 5.32 Å². The van der Waals surface area contributed by atoms with Gasteiger partial charge in [0.25, 0.3) is 0 Å². The van der Waals surface area contributed by atoms with Crippen LogP contribution in [0.4, 0.5) is 5.69 Å². The molecule has 170 valence electrons. The Labute approximate surface area is 185 Å². The molecule has 8 heteroatoms. The monoisotopic (exact) mass is 448 g/mol. The van der Waals surface area contributed by atoms with E-state index >= 15 is 0 Å². The van der Waals surface area contributed by atoms with Gasteiger partial charge in [-0.1, -0.05) is 13.0 Å². The second kappa shape index (κ2) is 10.0. The van der Waals surface area contributed by atoms with Crippen LogP contribution in [0.3, 0.4) is 0 Å². The molecule has 2 atom stereocenters. The highest BCUT2D eigenvalue weighted by Gasteiger charge is 2.32. The molecule has 0 radical (unpaired) electrons. The maximum atomic E-state index is 13.2. The van der Waals surface area contributed by atoms with Crippen LogP contribution in [0, 0.1) is 13.8 Å². The summed E-state index contributed by atoms with van der Waals surface area (Å²) in [5.41, 5.74) is 3.21. The van der Waals surface area contributed by atoms with Crippen LogP contribution in [0.5, 0.6) is 11.5 Å². The molecule has 0 aliphatic carbocycles. The van der Waals surface area contributed by atoms with E-state index < -0.39 is 22.1 Å². The van der Waals surface area contributed by atoms with Gasteiger partial charge in [0, 0.05) is 5.56 Å². The molecule has 1 amide bonds. The van der Waals surface area contributed by atoms with E-state index in [1.165, 1.54) is 4.31 Å². The number of hydrogen-bond acceptors (Lipinski definition) is 5. The summed E-state index contributed by atoms with van der Waals surface area (Å²) in [5.74, 6) is 0.858. The number of anilines is 1. The lowest BCUT2D eigenvalue weighted by molar-refractivity contribution is -0.122. The number of carbonyl (C=O) groups excluding carboxylic acids is 1. The van der Waals surface area contributed by atoms with E-state index in [1.54, 1.807) is 51.5 Å². The standard InChI is InChI=1S/C23H32N2O5S/c1-8-21(25(31(7,27)28)18-10-9-15(2)16(3)13-18)23(26)24-17(4)20-14-19(29-5)11-12-22(20)30-6/h9-14,17,21H,8H2,1-7H3,(H,24,26)/t17-,21+/m0/s1. The highest BCUT2D eigenvalue weighted by atomic mass is 32.2. The van der Waals surface area contributed by atoms with Crippen molar-refractivity contribution in [3.05, 3.63) is 53.1 Å². The van der Waals surface area contributed by atoms with Crippen molar-refractivity contribution in [1.82, 2.24) is 5.32 Å². The number of nitrogens with one attached hydrogen (secondary N) is 1. The lowest BCUT2D eigenvalue weighted by Crippen LogP contribution is -2.49. The molecule has 2 aromatic carbocycles. The average Bonchev–Trinajstić information content (AvgIpc) is 2.72. The molecule has 0 heterocycles. The maximum Gasteiger partial charge on any atom is 0.244 e. The third-order valence-corrected chi connectivity index (χ3v) is 6.52. The zero-order valence-corrected chi connectivity index (χ0v) is 20.0. The van der Waals surface area contributed by atoms with Crippen LogP contribution in [0.2, 0.25) is 0 Å². The van der Waals surface area contributed by atoms with Gasteiger partial charge >= 0.3 is 0 Å². The van der Waals surface area contributed by atoms with Crippen molar-refractivity contribution < 1.29 is 22.7 Å². The fraction of sp³-hybridized carbons (Fsp3) is 0.435. The summed E-state index contributed by atoms with van der Waals surface area (Å²) in [6.45, 7) is 7.48. The van der Waals surface area contributed by atoms with E-state index in [1.807, 2.05) is 26.8 Å². The van der Waals surface area contributed by atoms with Gasteiger partial charge in [0.05, 0.1) is 32.2 Å². The third kappa shape index (κ3) is 5.70. The van der Waals surface area contributed by atoms with Gasteiger partial charge in [-0.3, -0.25) is 9.10 Å². The van der Waals surface area contributed by atoms with E-state index in [0.29, 0.717) is 23.6 Å². The number of aryl methyl sites for hydroxylation is 2. The van der Waals surface area contributed by atoms with Crippen LogP contribution in [0.1, 0.15) is 43.0 Å². The van der Waals surface area contributed by atoms with Crippen molar-refractivity contribution in [2.75, 3.05) is 24.8 Å². The van der Waals surface area contributed by atoms with Crippen molar-refractivity contribution in [3.63, 3.8) is 0 Å². The zero-order valence-electron chi connectivity index (χ0n) is 19.2. The van der Waals surface area contributed by atoms with Crippen LogP contribution in [-0.4, -0.2) is 40.8 Å². The van der Waals surface area contributed by atoms with Crippen LogP contribution >= 0.6 is 0 Å². The minimum atomic E-state index is -3.70. The topological polar surface area (TPSA) is 84.9 Å². The maximum absolute atomic E-state index is 13.2. The summed E-state index contributed by atoms with van der Waals surface area (Å²) < 4.78 is 37.3. The summed E-state index contributed by atoms with van der Waals surface area (Å²) >= 11 is 0. The first-order valence-electron chi connectivity index (χ1n) is 10.1. The smallest absolute Gasteiger partial charge is 0.244 e. The molecule has 0 aliphatic heterocycles. The Kier molecular flexibility index (Phi) is 7.95. The molecule has 0 unspecified atom stereocenters. The van der Waals surface area contributed by atoms with Crippen molar-refractivity contribution >= 4 is 21.6 Å². The molecule has 2 aromatic rings. The second-order valence-electron chi connectivity index (χ2n) is 7.59. The molecule has 0 aliphatic rings. The lowest BCUT2D eigenvalue weighted by atomic mass is 10.1. The quantitative estimate of drug-likeness (QED) is 0.632. The Bertz CT molecular complexity index is 1040. The van der Waals surface area contributed by atoms with Gasteiger partial charge < -0.3 is 14.8 Å². The van der Waals surface area contributed by atoms with Crippen LogP contribution < -0.4 is 19.1 Å². The zero-order chi connectivity index (χ0) is 23.3. The Morgan fingerprint density at radius 3 is 2.26 bits per heavy atom. The molecule has 0 aromatic heterocycles. The van der Waals surface area contributed by atoms with Gasteiger partial charge in [-0.25, -0.2) is 8.42 Å². The average molecular weight is 449 g/mol. The fourth-order valence-electron chi connectivity index (χ4n) is 3.49. The lowest BCUT2D eigenvalue weighted by Gasteiger charge is -2.31. The van der Waals surface area contributed by atoms with Crippen molar-refractivity contribution in [3.8, 4) is 11.5 Å². The molecule has 2 rings (SSSR count). The fourth-order valence-corrected chi connectivity index (χ4v) is 4.69. The van der Waals surface area contributed by atoms with Gasteiger partial charge in [-0.05, 0) is 68.7 Å². The number of nitrogens with zero attached hydrogens (tertiary/aromatic N) is 1. The second-order valence-corrected chi connectivity index (χ2v) is 9.45. The van der Waals surface area contributed by atoms with Crippen LogP contribution in [0.25, 0.3) is 0 Å². The molecule has 1 N–H and O–H groups in total. The summed E-state index contributed by atoms with van der Waals surface area (Å²) in [6.07, 6.45) is 1.43. The predicted molar refractivity (Wildman–Crippen MR) is 123 cm³/mol. The summed E-state index contributed by atoms with van der Waals surface area (Å²) in [4.78, 5) is 13.2. The molecule has 7 nitrogen and oxygen atoms in total. The molecule has 0 saturated heterocycles. The van der Waals surface area contributed by atoms with Gasteiger partial charge in [0.2, 0.25) is 15.9 Å². The van der Waals surface area contributed by atoms with Crippen molar-refractivity contribution in [2.45, 2.75) is 46.2 Å². The first-order valence-corrected chi connectivity index (χ1v) is 12.0. The Hall–Kier alpha value is -2.74.